The Balaban J connectivity index is 3.34. The molecule has 41 valence electrons. The Hall–Kier alpha value is -0.600. The standard InChI is InChI=1S/C4H6FO2/c1-2-3(5)4(6)7/h3H,2H2,1H3/t3-/m1/s1. The topological polar surface area (TPSA) is 37.0 Å². The van der Waals surface area contributed by atoms with Crippen LogP contribution in [0.2, 0.25) is 0 Å². The minimum absolute atomic E-state index is 0.0116. The van der Waals surface area contributed by atoms with Gasteiger partial charge in [-0.15, -0.1) is 0 Å². The number of alkyl halides is 1. The summed E-state index contributed by atoms with van der Waals surface area (Å²) in [6, 6.07) is 0. The van der Waals surface area contributed by atoms with Crippen molar-refractivity contribution in [2.24, 2.45) is 0 Å². The first kappa shape index (κ1) is 6.40. The molecular weight excluding hydrogens is 99.0 g/mol. The molecule has 0 amide bonds. The van der Waals surface area contributed by atoms with E-state index in [1.54, 1.807) is 0 Å². The molecule has 0 saturated heterocycles. The van der Waals surface area contributed by atoms with Crippen molar-refractivity contribution >= 4 is 5.97 Å². The second kappa shape index (κ2) is 2.55. The van der Waals surface area contributed by atoms with Gasteiger partial charge in [-0.2, -0.15) is 0 Å². The average Bonchev–Trinajstić information content (AvgIpc) is 1.65. The largest absolute Gasteiger partial charge is 0.389 e. The first-order valence-electron chi connectivity index (χ1n) is 2.03. The van der Waals surface area contributed by atoms with Gasteiger partial charge in [-0.3, -0.25) is 0 Å². The minimum atomic E-state index is -1.79. The zero-order valence-corrected chi connectivity index (χ0v) is 3.98. The Morgan fingerprint density at radius 1 is 1.86 bits per heavy atom. The lowest BCUT2D eigenvalue weighted by Crippen LogP contribution is -2.10. The van der Waals surface area contributed by atoms with Gasteiger partial charge in [0, 0.05) is 0 Å². The number of carbonyl (C=O) groups is 1. The summed E-state index contributed by atoms with van der Waals surface area (Å²) in [7, 11) is 0. The van der Waals surface area contributed by atoms with Crippen LogP contribution in [-0.2, 0) is 9.90 Å². The van der Waals surface area contributed by atoms with Crippen molar-refractivity contribution in [3.05, 3.63) is 0 Å². The summed E-state index contributed by atoms with van der Waals surface area (Å²) in [6.07, 6.45) is -1.80. The van der Waals surface area contributed by atoms with Crippen LogP contribution in [0.15, 0.2) is 0 Å². The summed E-state index contributed by atoms with van der Waals surface area (Å²) in [6.45, 7) is 1.44. The normalized spacial score (nSPS) is 13.4. The predicted octanol–water partition coefficient (Wildman–Crippen LogP) is 0.692. The molecule has 0 spiro atoms. The van der Waals surface area contributed by atoms with E-state index in [2.05, 4.69) is 0 Å². The zero-order valence-electron chi connectivity index (χ0n) is 3.98. The Kier molecular flexibility index (Phi) is 2.33. The van der Waals surface area contributed by atoms with Crippen molar-refractivity contribution in [2.45, 2.75) is 19.5 Å². The fraction of sp³-hybridized carbons (Fsp3) is 0.750. The zero-order chi connectivity index (χ0) is 5.86. The molecule has 2 nitrogen and oxygen atoms in total. The van der Waals surface area contributed by atoms with Crippen LogP contribution in [0.25, 0.3) is 0 Å². The Morgan fingerprint density at radius 3 is 2.29 bits per heavy atom. The molecule has 0 bridgehead atoms. The van der Waals surface area contributed by atoms with E-state index in [-0.39, 0.29) is 6.42 Å². The molecule has 0 heterocycles. The third-order valence-corrected chi connectivity index (χ3v) is 0.614. The van der Waals surface area contributed by atoms with Gasteiger partial charge in [-0.25, -0.2) is 14.3 Å². The van der Waals surface area contributed by atoms with E-state index in [9.17, 15) is 14.3 Å². The van der Waals surface area contributed by atoms with Crippen LogP contribution >= 0.6 is 0 Å². The molecule has 0 aromatic rings. The highest BCUT2D eigenvalue weighted by Crippen LogP contribution is 1.94. The maximum Gasteiger partial charge on any atom is 0.389 e. The molecule has 0 fully saturated rings. The predicted molar refractivity (Wildman–Crippen MR) is 20.9 cm³/mol. The smallest absolute Gasteiger partial charge is 0.244 e. The van der Waals surface area contributed by atoms with Gasteiger partial charge in [0.2, 0.25) is 6.17 Å². The van der Waals surface area contributed by atoms with Crippen LogP contribution in [0.5, 0.6) is 0 Å². The molecule has 0 rings (SSSR count). The first-order valence-corrected chi connectivity index (χ1v) is 2.03. The van der Waals surface area contributed by atoms with E-state index < -0.39 is 12.1 Å². The fourth-order valence-corrected chi connectivity index (χ4v) is 0.167. The number of hydrogen-bond acceptors (Lipinski definition) is 1. The highest BCUT2D eigenvalue weighted by atomic mass is 19.1. The summed E-state index contributed by atoms with van der Waals surface area (Å²) < 4.78 is 11.6. The number of hydrogen-bond donors (Lipinski definition) is 0. The van der Waals surface area contributed by atoms with Crippen LogP contribution in [0, 0.1) is 0 Å². The average molecular weight is 105 g/mol. The van der Waals surface area contributed by atoms with Gasteiger partial charge in [-0.05, 0) is 6.42 Å². The highest BCUT2D eigenvalue weighted by Gasteiger charge is 2.13. The van der Waals surface area contributed by atoms with Gasteiger partial charge in [0.1, 0.15) is 0 Å². The van der Waals surface area contributed by atoms with Gasteiger partial charge in [-0.1, -0.05) is 6.92 Å². The van der Waals surface area contributed by atoms with Crippen molar-refractivity contribution in [2.75, 3.05) is 0 Å². The second-order valence-corrected chi connectivity index (χ2v) is 1.19. The third-order valence-electron chi connectivity index (χ3n) is 0.614. The van der Waals surface area contributed by atoms with Crippen molar-refractivity contribution in [3.63, 3.8) is 0 Å². The number of carbonyl (C=O) groups excluding carboxylic acids is 1. The molecule has 0 aliphatic carbocycles. The Morgan fingerprint density at radius 2 is 2.29 bits per heavy atom. The molecule has 0 aliphatic heterocycles. The van der Waals surface area contributed by atoms with E-state index in [4.69, 9.17) is 0 Å². The first-order chi connectivity index (χ1) is 3.18. The van der Waals surface area contributed by atoms with Gasteiger partial charge in [0.25, 0.3) is 0 Å². The molecule has 0 aliphatic rings. The van der Waals surface area contributed by atoms with E-state index in [1.807, 2.05) is 0 Å². The van der Waals surface area contributed by atoms with Crippen LogP contribution < -0.4 is 0 Å². The molecular formula is C4H6FO2. The van der Waals surface area contributed by atoms with Gasteiger partial charge in [0.15, 0.2) is 0 Å². The van der Waals surface area contributed by atoms with Crippen LogP contribution in [-0.4, -0.2) is 12.1 Å². The van der Waals surface area contributed by atoms with E-state index >= 15 is 0 Å². The number of halogens is 1. The van der Waals surface area contributed by atoms with E-state index in [0.717, 1.165) is 0 Å². The lowest BCUT2D eigenvalue weighted by atomic mass is 10.3. The lowest BCUT2D eigenvalue weighted by molar-refractivity contribution is -0.149. The summed E-state index contributed by atoms with van der Waals surface area (Å²) in [5, 5.41) is 9.44. The van der Waals surface area contributed by atoms with Crippen LogP contribution in [0.1, 0.15) is 13.3 Å². The summed E-state index contributed by atoms with van der Waals surface area (Å²) >= 11 is 0. The molecule has 0 aromatic carbocycles. The molecule has 0 saturated carbocycles. The third kappa shape index (κ3) is 2.14. The molecule has 1 atom stereocenters. The maximum atomic E-state index is 11.6. The quantitative estimate of drug-likeness (QED) is 0.509. The highest BCUT2D eigenvalue weighted by molar-refractivity contribution is 5.71. The minimum Gasteiger partial charge on any atom is -0.244 e. The lowest BCUT2D eigenvalue weighted by Gasteiger charge is -1.89. The van der Waals surface area contributed by atoms with E-state index in [1.165, 1.54) is 6.92 Å². The van der Waals surface area contributed by atoms with E-state index in [0.29, 0.717) is 0 Å². The maximum absolute atomic E-state index is 11.6. The van der Waals surface area contributed by atoms with Gasteiger partial charge in [0.05, 0.1) is 0 Å². The van der Waals surface area contributed by atoms with Gasteiger partial charge >= 0.3 is 5.97 Å². The Bertz CT molecular complexity index is 72.1. The summed E-state index contributed by atoms with van der Waals surface area (Å²) in [4.78, 5) is 9.44. The van der Waals surface area contributed by atoms with Crippen molar-refractivity contribution in [3.8, 4) is 0 Å². The Labute approximate surface area is 41.0 Å². The molecule has 0 aromatic heterocycles. The fourth-order valence-electron chi connectivity index (χ4n) is 0.167. The van der Waals surface area contributed by atoms with Crippen molar-refractivity contribution < 1.29 is 14.3 Å². The monoisotopic (exact) mass is 105 g/mol. The summed E-state index contributed by atoms with van der Waals surface area (Å²) in [5.74, 6) is -1.62. The molecule has 1 radical (unpaired) electrons. The van der Waals surface area contributed by atoms with Crippen molar-refractivity contribution in [1.29, 1.82) is 0 Å². The second-order valence-electron chi connectivity index (χ2n) is 1.19. The van der Waals surface area contributed by atoms with Crippen LogP contribution in [0.3, 0.4) is 0 Å². The van der Waals surface area contributed by atoms with Gasteiger partial charge < -0.3 is 0 Å². The van der Waals surface area contributed by atoms with Crippen molar-refractivity contribution in [1.82, 2.24) is 0 Å². The SMILES string of the molecule is CC[C@@H](F)C([O])=O. The molecule has 7 heavy (non-hydrogen) atoms. The molecule has 3 heteroatoms. The molecule has 0 N–H and O–H groups in total. The summed E-state index contributed by atoms with van der Waals surface area (Å²) in [5.41, 5.74) is 0. The molecule has 0 unspecified atom stereocenters. The number of rotatable bonds is 2. The van der Waals surface area contributed by atoms with Crippen LogP contribution in [0.4, 0.5) is 4.39 Å².